The Morgan fingerprint density at radius 1 is 1.38 bits per heavy atom. The lowest BCUT2D eigenvalue weighted by Crippen LogP contribution is -2.33. The van der Waals surface area contributed by atoms with Gasteiger partial charge in [0.25, 0.3) is 0 Å². The van der Waals surface area contributed by atoms with Crippen LogP contribution in [0.15, 0.2) is 30.0 Å². The molecule has 3 aromatic heterocycles. The molecule has 0 unspecified atom stereocenters. The van der Waals surface area contributed by atoms with E-state index in [1.165, 1.54) is 11.2 Å². The number of hydrogen-bond acceptors (Lipinski definition) is 6. The number of fused-ring (bicyclic) bond motifs is 1. The monoisotopic (exact) mass is 344 g/mol. The van der Waals surface area contributed by atoms with Gasteiger partial charge in [-0.15, -0.1) is 11.3 Å². The number of anilines is 1. The van der Waals surface area contributed by atoms with Gasteiger partial charge in [-0.1, -0.05) is 13.0 Å². The summed E-state index contributed by atoms with van der Waals surface area (Å²) >= 11 is 1.68. The summed E-state index contributed by atoms with van der Waals surface area (Å²) in [5.74, 6) is 0.765. The highest BCUT2D eigenvalue weighted by atomic mass is 32.1. The summed E-state index contributed by atoms with van der Waals surface area (Å²) in [6.45, 7) is 3.09. The Morgan fingerprint density at radius 2 is 2.25 bits per heavy atom. The lowest BCUT2D eigenvalue weighted by molar-refractivity contribution is -0.124. The predicted octanol–water partition coefficient (Wildman–Crippen LogP) is 1.83. The second kappa shape index (κ2) is 7.39. The number of amides is 1. The van der Waals surface area contributed by atoms with Gasteiger partial charge >= 0.3 is 0 Å². The van der Waals surface area contributed by atoms with E-state index in [2.05, 4.69) is 31.8 Å². The Balaban J connectivity index is 1.47. The fourth-order valence-corrected chi connectivity index (χ4v) is 3.30. The van der Waals surface area contributed by atoms with Crippen LogP contribution < -0.4 is 10.6 Å². The summed E-state index contributed by atoms with van der Waals surface area (Å²) < 4.78 is 1.70. The number of carbonyl (C=O) groups excluding carboxylic acids is 1. The number of rotatable bonds is 7. The topological polar surface area (TPSA) is 84.7 Å². The summed E-state index contributed by atoms with van der Waals surface area (Å²) in [5, 5.41) is 13.3. The summed E-state index contributed by atoms with van der Waals surface area (Å²) in [5.41, 5.74) is 0.779. The van der Waals surface area contributed by atoms with Gasteiger partial charge in [0, 0.05) is 30.9 Å². The molecule has 0 saturated carbocycles. The van der Waals surface area contributed by atoms with E-state index in [0.29, 0.717) is 13.1 Å². The van der Waals surface area contributed by atoms with Gasteiger partial charge in [0.15, 0.2) is 5.65 Å². The third kappa shape index (κ3) is 3.70. The molecule has 0 aliphatic heterocycles. The molecule has 0 aliphatic carbocycles. The van der Waals surface area contributed by atoms with Crippen molar-refractivity contribution in [3.63, 3.8) is 0 Å². The van der Waals surface area contributed by atoms with Crippen molar-refractivity contribution >= 4 is 34.1 Å². The summed E-state index contributed by atoms with van der Waals surface area (Å²) in [7, 11) is 1.84. The molecule has 126 valence electrons. The van der Waals surface area contributed by atoms with Gasteiger partial charge in [0.05, 0.1) is 11.6 Å². The van der Waals surface area contributed by atoms with Crippen molar-refractivity contribution in [1.82, 2.24) is 25.1 Å². The molecule has 0 bridgehead atoms. The second-order valence-electron chi connectivity index (χ2n) is 5.63. The van der Waals surface area contributed by atoms with Gasteiger partial charge in [-0.3, -0.25) is 9.48 Å². The SMILES string of the molecule is C[C@H](Cc1cccs1)C(=O)NCCNc1ncnc2c1cnn2C. The van der Waals surface area contributed by atoms with Crippen LogP contribution in [0.3, 0.4) is 0 Å². The van der Waals surface area contributed by atoms with E-state index in [1.54, 1.807) is 22.2 Å². The lowest BCUT2D eigenvalue weighted by atomic mass is 10.1. The van der Waals surface area contributed by atoms with Crippen LogP contribution in [0.2, 0.25) is 0 Å². The molecule has 0 fully saturated rings. The van der Waals surface area contributed by atoms with Gasteiger partial charge in [0.1, 0.15) is 12.1 Å². The molecule has 0 aromatic carbocycles. The summed E-state index contributed by atoms with van der Waals surface area (Å²) in [6.07, 6.45) is 4.02. The highest BCUT2D eigenvalue weighted by Gasteiger charge is 2.13. The Kier molecular flexibility index (Phi) is 5.05. The number of hydrogen-bond donors (Lipinski definition) is 2. The van der Waals surface area contributed by atoms with Crippen LogP contribution in [0.4, 0.5) is 5.82 Å². The molecule has 8 heteroatoms. The lowest BCUT2D eigenvalue weighted by Gasteiger charge is -2.12. The zero-order chi connectivity index (χ0) is 16.9. The van der Waals surface area contributed by atoms with Crippen LogP contribution in [0.1, 0.15) is 11.8 Å². The van der Waals surface area contributed by atoms with E-state index in [9.17, 15) is 4.79 Å². The molecule has 0 radical (unpaired) electrons. The maximum atomic E-state index is 12.1. The zero-order valence-corrected chi connectivity index (χ0v) is 14.5. The molecule has 0 saturated heterocycles. The van der Waals surface area contributed by atoms with E-state index in [-0.39, 0.29) is 11.8 Å². The van der Waals surface area contributed by atoms with E-state index in [0.717, 1.165) is 23.3 Å². The zero-order valence-electron chi connectivity index (χ0n) is 13.7. The van der Waals surface area contributed by atoms with Gasteiger partial charge in [-0.25, -0.2) is 9.97 Å². The average Bonchev–Trinajstić information content (AvgIpc) is 3.22. The van der Waals surface area contributed by atoms with E-state index in [1.807, 2.05) is 25.4 Å². The van der Waals surface area contributed by atoms with Crippen LogP contribution in [-0.4, -0.2) is 38.7 Å². The molecule has 3 heterocycles. The minimum absolute atomic E-state index is 0.0345. The van der Waals surface area contributed by atoms with Crippen LogP contribution in [-0.2, 0) is 18.3 Å². The van der Waals surface area contributed by atoms with Gasteiger partial charge in [-0.05, 0) is 17.9 Å². The van der Waals surface area contributed by atoms with Crippen molar-refractivity contribution in [3.05, 3.63) is 34.9 Å². The Morgan fingerprint density at radius 3 is 3.04 bits per heavy atom. The predicted molar refractivity (Wildman–Crippen MR) is 95.0 cm³/mol. The molecule has 24 heavy (non-hydrogen) atoms. The first-order valence-electron chi connectivity index (χ1n) is 7.82. The van der Waals surface area contributed by atoms with Crippen molar-refractivity contribution in [1.29, 1.82) is 0 Å². The standard InChI is InChI=1S/C16H20N6OS/c1-11(8-12-4-3-7-24-12)16(23)18-6-5-17-14-13-9-21-22(2)15(13)20-10-19-14/h3-4,7,9-11H,5-6,8H2,1-2H3,(H,18,23)(H,17,19,20)/t11-/m1/s1. The van der Waals surface area contributed by atoms with Crippen molar-refractivity contribution in [2.45, 2.75) is 13.3 Å². The molecule has 3 rings (SSSR count). The molecule has 1 atom stereocenters. The van der Waals surface area contributed by atoms with Gasteiger partial charge in [-0.2, -0.15) is 5.10 Å². The van der Waals surface area contributed by atoms with Gasteiger partial charge in [0.2, 0.25) is 5.91 Å². The van der Waals surface area contributed by atoms with E-state index < -0.39 is 0 Å². The molecule has 0 spiro atoms. The average molecular weight is 344 g/mol. The summed E-state index contributed by atoms with van der Waals surface area (Å²) in [6, 6.07) is 4.07. The van der Waals surface area contributed by atoms with Gasteiger partial charge < -0.3 is 10.6 Å². The van der Waals surface area contributed by atoms with Crippen LogP contribution in [0.5, 0.6) is 0 Å². The van der Waals surface area contributed by atoms with Crippen molar-refractivity contribution in [2.24, 2.45) is 13.0 Å². The van der Waals surface area contributed by atoms with E-state index in [4.69, 9.17) is 0 Å². The second-order valence-corrected chi connectivity index (χ2v) is 6.66. The smallest absolute Gasteiger partial charge is 0.223 e. The van der Waals surface area contributed by atoms with Crippen LogP contribution in [0, 0.1) is 5.92 Å². The number of nitrogens with zero attached hydrogens (tertiary/aromatic N) is 4. The molecular weight excluding hydrogens is 324 g/mol. The largest absolute Gasteiger partial charge is 0.368 e. The Labute approximate surface area is 144 Å². The van der Waals surface area contributed by atoms with Crippen molar-refractivity contribution < 1.29 is 4.79 Å². The Bertz CT molecular complexity index is 813. The third-order valence-electron chi connectivity index (χ3n) is 3.78. The van der Waals surface area contributed by atoms with E-state index >= 15 is 0 Å². The number of nitrogens with one attached hydrogen (secondary N) is 2. The van der Waals surface area contributed by atoms with Crippen molar-refractivity contribution in [2.75, 3.05) is 18.4 Å². The number of aromatic nitrogens is 4. The molecule has 1 amide bonds. The molecular formula is C16H20N6OS. The van der Waals surface area contributed by atoms with Crippen molar-refractivity contribution in [3.8, 4) is 0 Å². The minimum Gasteiger partial charge on any atom is -0.368 e. The fraction of sp³-hybridized carbons (Fsp3) is 0.375. The maximum absolute atomic E-state index is 12.1. The Hall–Kier alpha value is -2.48. The number of thiophene rings is 1. The number of aryl methyl sites for hydroxylation is 1. The first-order valence-corrected chi connectivity index (χ1v) is 8.70. The normalized spacial score (nSPS) is 12.2. The fourth-order valence-electron chi connectivity index (χ4n) is 2.47. The highest BCUT2D eigenvalue weighted by Crippen LogP contribution is 2.17. The molecule has 7 nitrogen and oxygen atoms in total. The summed E-state index contributed by atoms with van der Waals surface area (Å²) in [4.78, 5) is 21.8. The minimum atomic E-state index is -0.0345. The maximum Gasteiger partial charge on any atom is 0.223 e. The molecule has 2 N–H and O–H groups in total. The third-order valence-corrected chi connectivity index (χ3v) is 4.68. The first-order chi connectivity index (χ1) is 11.6. The number of carbonyl (C=O) groups is 1. The van der Waals surface area contributed by atoms with Crippen LogP contribution >= 0.6 is 11.3 Å². The quantitative estimate of drug-likeness (QED) is 0.639. The first kappa shape index (κ1) is 16.4. The molecule has 0 aliphatic rings. The molecule has 3 aromatic rings. The highest BCUT2D eigenvalue weighted by molar-refractivity contribution is 7.09. The van der Waals surface area contributed by atoms with Crippen LogP contribution in [0.25, 0.3) is 11.0 Å².